The van der Waals surface area contributed by atoms with Crippen molar-refractivity contribution >= 4 is 5.97 Å². The molecule has 1 atom stereocenters. The Labute approximate surface area is 46.7 Å². The van der Waals surface area contributed by atoms with Crippen LogP contribution in [0.5, 0.6) is 0 Å². The maximum absolute atomic E-state index is 9.76. The van der Waals surface area contributed by atoms with E-state index in [1.165, 1.54) is 7.11 Å². The Balaban J connectivity index is 3.32. The molecule has 8 heavy (non-hydrogen) atoms. The first-order valence-corrected chi connectivity index (χ1v) is 2.08. The molecule has 0 aliphatic carbocycles. The third-order valence-electron chi connectivity index (χ3n) is 0.610. The van der Waals surface area contributed by atoms with Gasteiger partial charge in [-0.3, -0.25) is 0 Å². The van der Waals surface area contributed by atoms with Gasteiger partial charge >= 0.3 is 5.97 Å². The molecular formula is C4H8O4. The lowest BCUT2D eigenvalue weighted by molar-refractivity contribution is -0.149. The van der Waals surface area contributed by atoms with Crippen molar-refractivity contribution in [2.45, 2.75) is 6.10 Å². The molecule has 0 saturated carbocycles. The lowest BCUT2D eigenvalue weighted by atomic mass is 10.4. The predicted molar refractivity (Wildman–Crippen MR) is 25.5 cm³/mol. The third-order valence-corrected chi connectivity index (χ3v) is 0.610. The number of carbonyl (C=O) groups is 1. The summed E-state index contributed by atoms with van der Waals surface area (Å²) in [6, 6.07) is 0. The first-order valence-electron chi connectivity index (χ1n) is 2.08. The molecule has 2 N–H and O–H groups in total. The van der Waals surface area contributed by atoms with Crippen molar-refractivity contribution in [1.82, 2.24) is 0 Å². The van der Waals surface area contributed by atoms with Crippen molar-refractivity contribution in [2.75, 3.05) is 13.7 Å². The van der Waals surface area contributed by atoms with Crippen LogP contribution in [0.2, 0.25) is 0 Å². The molecule has 0 saturated heterocycles. The van der Waals surface area contributed by atoms with Crippen molar-refractivity contribution < 1.29 is 19.7 Å². The summed E-state index contributed by atoms with van der Waals surface area (Å²) in [5.41, 5.74) is 0. The molecule has 0 bridgehead atoms. The van der Waals surface area contributed by atoms with E-state index < -0.39 is 12.1 Å². The molecule has 0 spiro atoms. The highest BCUT2D eigenvalue weighted by Gasteiger charge is 2.10. The average Bonchev–Trinajstić information content (AvgIpc) is 1.67. The van der Waals surface area contributed by atoms with E-state index in [2.05, 4.69) is 4.74 Å². The first kappa shape index (κ1) is 7.39. The number of ether oxygens (including phenoxy) is 1. The number of carboxylic acids is 1. The van der Waals surface area contributed by atoms with Crippen LogP contribution in [0, 0.1) is 0 Å². The Kier molecular flexibility index (Phi) is 3.14. The lowest BCUT2D eigenvalue weighted by Gasteiger charge is -2.00. The molecule has 0 aliphatic rings. The third kappa shape index (κ3) is 2.54. The van der Waals surface area contributed by atoms with E-state index in [1.54, 1.807) is 0 Å². The summed E-state index contributed by atoms with van der Waals surface area (Å²) >= 11 is 0. The monoisotopic (exact) mass is 120 g/mol. The summed E-state index contributed by atoms with van der Waals surface area (Å²) in [4.78, 5) is 9.76. The van der Waals surface area contributed by atoms with Crippen molar-refractivity contribution in [3.63, 3.8) is 0 Å². The van der Waals surface area contributed by atoms with Crippen molar-refractivity contribution in [1.29, 1.82) is 0 Å². The summed E-state index contributed by atoms with van der Waals surface area (Å²) < 4.78 is 4.33. The Morgan fingerprint density at radius 3 is 2.50 bits per heavy atom. The molecule has 0 heterocycles. The molecule has 0 aromatic rings. The van der Waals surface area contributed by atoms with Gasteiger partial charge in [0.1, 0.15) is 0 Å². The van der Waals surface area contributed by atoms with Crippen molar-refractivity contribution in [3.8, 4) is 0 Å². The van der Waals surface area contributed by atoms with Crippen LogP contribution >= 0.6 is 0 Å². The smallest absolute Gasteiger partial charge is 0.334 e. The number of hydrogen-bond donors (Lipinski definition) is 2. The summed E-state index contributed by atoms with van der Waals surface area (Å²) in [5, 5.41) is 16.4. The first-order chi connectivity index (χ1) is 3.68. The van der Waals surface area contributed by atoms with E-state index in [0.29, 0.717) is 0 Å². The number of hydrogen-bond acceptors (Lipinski definition) is 3. The van der Waals surface area contributed by atoms with Gasteiger partial charge in [0, 0.05) is 7.11 Å². The molecule has 4 nitrogen and oxygen atoms in total. The average molecular weight is 120 g/mol. The van der Waals surface area contributed by atoms with Crippen LogP contribution in [0.15, 0.2) is 0 Å². The highest BCUT2D eigenvalue weighted by molar-refractivity contribution is 5.71. The number of rotatable bonds is 3. The number of aliphatic hydroxyl groups excluding tert-OH is 1. The number of methoxy groups -OCH3 is 1. The fraction of sp³-hybridized carbons (Fsp3) is 0.750. The molecule has 0 fully saturated rings. The van der Waals surface area contributed by atoms with Crippen LogP contribution in [0.25, 0.3) is 0 Å². The largest absolute Gasteiger partial charge is 0.479 e. The minimum atomic E-state index is -1.39. The summed E-state index contributed by atoms with van der Waals surface area (Å²) in [6.45, 7) is -0.157. The maximum Gasteiger partial charge on any atom is 0.334 e. The van der Waals surface area contributed by atoms with Gasteiger partial charge < -0.3 is 14.9 Å². The fourth-order valence-electron chi connectivity index (χ4n) is 0.229. The van der Waals surface area contributed by atoms with Gasteiger partial charge in [-0.05, 0) is 0 Å². The van der Waals surface area contributed by atoms with E-state index in [0.717, 1.165) is 0 Å². The molecule has 0 aliphatic heterocycles. The zero-order valence-corrected chi connectivity index (χ0v) is 4.50. The van der Waals surface area contributed by atoms with E-state index >= 15 is 0 Å². The zero-order chi connectivity index (χ0) is 6.57. The molecular weight excluding hydrogens is 112 g/mol. The Hall–Kier alpha value is -0.610. The molecule has 0 radical (unpaired) electrons. The molecule has 48 valence electrons. The van der Waals surface area contributed by atoms with Crippen LogP contribution in [0.3, 0.4) is 0 Å². The SMILES string of the molecule is COCC(O)C(=O)O. The van der Waals surface area contributed by atoms with Crippen LogP contribution in [0.1, 0.15) is 0 Å². The molecule has 0 aromatic carbocycles. The second kappa shape index (κ2) is 3.40. The van der Waals surface area contributed by atoms with Crippen LogP contribution in [0.4, 0.5) is 0 Å². The van der Waals surface area contributed by atoms with E-state index in [9.17, 15) is 4.79 Å². The molecule has 0 amide bonds. The highest BCUT2D eigenvalue weighted by atomic mass is 16.5. The normalized spacial score (nSPS) is 13.2. The zero-order valence-electron chi connectivity index (χ0n) is 4.50. The number of aliphatic carboxylic acids is 1. The van der Waals surface area contributed by atoms with Gasteiger partial charge in [0.25, 0.3) is 0 Å². The number of carboxylic acid groups (broad SMARTS) is 1. The number of aliphatic hydroxyl groups is 1. The standard InChI is InChI=1S/C4H8O4/c1-8-2-3(5)4(6)7/h3,5H,2H2,1H3,(H,6,7). The van der Waals surface area contributed by atoms with E-state index in [1.807, 2.05) is 0 Å². The van der Waals surface area contributed by atoms with E-state index in [-0.39, 0.29) is 6.61 Å². The van der Waals surface area contributed by atoms with Gasteiger partial charge in [0.05, 0.1) is 6.61 Å². The van der Waals surface area contributed by atoms with Gasteiger partial charge in [-0.2, -0.15) is 0 Å². The summed E-state index contributed by atoms with van der Waals surface area (Å²) in [7, 11) is 1.33. The van der Waals surface area contributed by atoms with Gasteiger partial charge in [0.2, 0.25) is 0 Å². The van der Waals surface area contributed by atoms with Gasteiger partial charge in [-0.1, -0.05) is 0 Å². The molecule has 0 rings (SSSR count). The Morgan fingerprint density at radius 2 is 2.38 bits per heavy atom. The van der Waals surface area contributed by atoms with Crippen LogP contribution < -0.4 is 0 Å². The maximum atomic E-state index is 9.76. The minimum absolute atomic E-state index is 0.157. The summed E-state index contributed by atoms with van der Waals surface area (Å²) in [6.07, 6.45) is -1.39. The topological polar surface area (TPSA) is 66.8 Å². The second-order valence-electron chi connectivity index (χ2n) is 1.31. The molecule has 1 unspecified atom stereocenters. The second-order valence-corrected chi connectivity index (χ2v) is 1.31. The van der Waals surface area contributed by atoms with Gasteiger partial charge in [-0.15, -0.1) is 0 Å². The highest BCUT2D eigenvalue weighted by Crippen LogP contribution is 1.80. The molecule has 4 heteroatoms. The van der Waals surface area contributed by atoms with Crippen molar-refractivity contribution in [2.24, 2.45) is 0 Å². The van der Waals surface area contributed by atoms with Crippen LogP contribution in [-0.2, 0) is 9.53 Å². The van der Waals surface area contributed by atoms with Crippen LogP contribution in [-0.4, -0.2) is 36.0 Å². The Bertz CT molecular complexity index is 80.1. The van der Waals surface area contributed by atoms with Gasteiger partial charge in [-0.25, -0.2) is 4.79 Å². The predicted octanol–water partition coefficient (Wildman–Crippen LogP) is -0.922. The lowest BCUT2D eigenvalue weighted by Crippen LogP contribution is -2.24. The van der Waals surface area contributed by atoms with Gasteiger partial charge in [0.15, 0.2) is 6.10 Å². The van der Waals surface area contributed by atoms with Crippen molar-refractivity contribution in [3.05, 3.63) is 0 Å². The molecule has 0 aromatic heterocycles. The Morgan fingerprint density at radius 1 is 1.88 bits per heavy atom. The quantitative estimate of drug-likeness (QED) is 0.505. The minimum Gasteiger partial charge on any atom is -0.479 e. The van der Waals surface area contributed by atoms with E-state index in [4.69, 9.17) is 10.2 Å². The fourth-order valence-corrected chi connectivity index (χ4v) is 0.229. The summed E-state index contributed by atoms with van der Waals surface area (Å²) in [5.74, 6) is -1.26.